The summed E-state index contributed by atoms with van der Waals surface area (Å²) in [5.41, 5.74) is 1.27. The van der Waals surface area contributed by atoms with Crippen LogP contribution in [0.1, 0.15) is 38.7 Å². The Balaban J connectivity index is 1.82. The number of nitrogens with one attached hydrogen (secondary N) is 2. The van der Waals surface area contributed by atoms with Crippen molar-refractivity contribution in [2.24, 2.45) is 0 Å². The van der Waals surface area contributed by atoms with Crippen molar-refractivity contribution in [3.63, 3.8) is 0 Å². The van der Waals surface area contributed by atoms with Crippen LogP contribution < -0.4 is 10.2 Å². The summed E-state index contributed by atoms with van der Waals surface area (Å²) in [5.74, 6) is 0.586. The van der Waals surface area contributed by atoms with Gasteiger partial charge >= 0.3 is 0 Å². The molecule has 5 heteroatoms. The second-order valence-electron chi connectivity index (χ2n) is 6.65. The van der Waals surface area contributed by atoms with E-state index in [1.54, 1.807) is 6.92 Å². The lowest BCUT2D eigenvalue weighted by Gasteiger charge is -2.34. The number of benzene rings is 1. The summed E-state index contributed by atoms with van der Waals surface area (Å²) < 4.78 is 0. The smallest absolute Gasteiger partial charge is 0.278 e. The van der Waals surface area contributed by atoms with Gasteiger partial charge in [-0.3, -0.25) is 9.59 Å². The van der Waals surface area contributed by atoms with Crippen molar-refractivity contribution in [1.29, 1.82) is 0 Å². The van der Waals surface area contributed by atoms with Crippen LogP contribution in [0, 0.1) is 0 Å². The van der Waals surface area contributed by atoms with Crippen molar-refractivity contribution in [3.05, 3.63) is 35.9 Å². The van der Waals surface area contributed by atoms with Gasteiger partial charge in [0.15, 0.2) is 6.04 Å². The van der Waals surface area contributed by atoms with Crippen LogP contribution in [-0.4, -0.2) is 55.5 Å². The van der Waals surface area contributed by atoms with Crippen molar-refractivity contribution in [1.82, 2.24) is 10.2 Å². The maximum absolute atomic E-state index is 12.5. The largest absolute Gasteiger partial charge is 0.350 e. The van der Waals surface area contributed by atoms with Crippen LogP contribution in [0.2, 0.25) is 0 Å². The quantitative estimate of drug-likeness (QED) is 0.794. The minimum absolute atomic E-state index is 0.0765. The summed E-state index contributed by atoms with van der Waals surface area (Å²) in [4.78, 5) is 27.0. The number of amides is 2. The molecule has 1 aromatic rings. The highest BCUT2D eigenvalue weighted by Gasteiger charge is 2.29. The van der Waals surface area contributed by atoms with E-state index in [1.165, 1.54) is 10.5 Å². The first-order valence-corrected chi connectivity index (χ1v) is 8.95. The molecule has 0 aliphatic carbocycles. The number of carbonyl (C=O) groups is 2. The number of nitrogens with zero attached hydrogens (tertiary/aromatic N) is 1. The second kappa shape index (κ2) is 8.83. The van der Waals surface area contributed by atoms with Gasteiger partial charge in [-0.05, 0) is 18.9 Å². The zero-order valence-corrected chi connectivity index (χ0v) is 15.0. The second-order valence-corrected chi connectivity index (χ2v) is 6.65. The van der Waals surface area contributed by atoms with Crippen LogP contribution in [0.3, 0.4) is 0 Å². The number of rotatable bonds is 6. The number of hydrogen-bond donors (Lipinski definition) is 2. The van der Waals surface area contributed by atoms with Gasteiger partial charge < -0.3 is 15.1 Å². The zero-order valence-electron chi connectivity index (χ0n) is 15.0. The van der Waals surface area contributed by atoms with Crippen molar-refractivity contribution in [2.75, 3.05) is 32.7 Å². The lowest BCUT2D eigenvalue weighted by Crippen LogP contribution is -3.19. The van der Waals surface area contributed by atoms with Gasteiger partial charge in [-0.1, -0.05) is 37.3 Å². The van der Waals surface area contributed by atoms with Crippen LogP contribution >= 0.6 is 0 Å². The fraction of sp³-hybridized carbons (Fsp3) is 0.579. The SMILES string of the molecule is CC[C@@H](CNC(=O)[C@H](C)[NH+]1CCN(C(C)=O)CC1)c1ccccc1. The molecular weight excluding hydrogens is 302 g/mol. The van der Waals surface area contributed by atoms with E-state index in [0.717, 1.165) is 32.6 Å². The van der Waals surface area contributed by atoms with Crippen LogP contribution in [0.15, 0.2) is 30.3 Å². The Morgan fingerprint density at radius 1 is 1.21 bits per heavy atom. The zero-order chi connectivity index (χ0) is 17.5. The molecule has 0 aromatic heterocycles. The van der Waals surface area contributed by atoms with E-state index in [1.807, 2.05) is 30.0 Å². The third kappa shape index (κ3) is 4.81. The van der Waals surface area contributed by atoms with Gasteiger partial charge in [-0.25, -0.2) is 0 Å². The van der Waals surface area contributed by atoms with E-state index in [4.69, 9.17) is 0 Å². The monoisotopic (exact) mass is 332 g/mol. The lowest BCUT2D eigenvalue weighted by atomic mass is 9.96. The maximum Gasteiger partial charge on any atom is 0.278 e. The van der Waals surface area contributed by atoms with Crippen LogP contribution in [0.25, 0.3) is 0 Å². The standard InChI is InChI=1S/C19H29N3O2/c1-4-17(18-8-6-5-7-9-18)14-20-19(24)15(2)21-10-12-22(13-11-21)16(3)23/h5-9,15,17H,4,10-14H2,1-3H3,(H,20,24)/p+1/t15-,17-/m0/s1. The summed E-state index contributed by atoms with van der Waals surface area (Å²) in [7, 11) is 0. The Kier molecular flexibility index (Phi) is 6.79. The molecule has 24 heavy (non-hydrogen) atoms. The van der Waals surface area contributed by atoms with Gasteiger partial charge in [-0.15, -0.1) is 0 Å². The minimum atomic E-state index is -0.0765. The van der Waals surface area contributed by atoms with E-state index < -0.39 is 0 Å². The Morgan fingerprint density at radius 2 is 1.83 bits per heavy atom. The first-order valence-electron chi connectivity index (χ1n) is 8.95. The Morgan fingerprint density at radius 3 is 2.38 bits per heavy atom. The van der Waals surface area contributed by atoms with Crippen LogP contribution in [0.4, 0.5) is 0 Å². The highest BCUT2D eigenvalue weighted by molar-refractivity contribution is 5.80. The van der Waals surface area contributed by atoms with Gasteiger partial charge in [0.1, 0.15) is 0 Å². The highest BCUT2D eigenvalue weighted by atomic mass is 16.2. The van der Waals surface area contributed by atoms with Crippen molar-refractivity contribution in [2.45, 2.75) is 39.2 Å². The normalized spacial score (nSPS) is 18.0. The summed E-state index contributed by atoms with van der Waals surface area (Å²) in [6.07, 6.45) is 1.00. The van der Waals surface area contributed by atoms with Crippen LogP contribution in [-0.2, 0) is 9.59 Å². The lowest BCUT2D eigenvalue weighted by molar-refractivity contribution is -0.918. The molecule has 1 aliphatic rings. The summed E-state index contributed by atoms with van der Waals surface area (Å²) in [6, 6.07) is 10.3. The first-order chi connectivity index (χ1) is 11.5. The maximum atomic E-state index is 12.5. The third-order valence-electron chi connectivity index (χ3n) is 5.14. The average Bonchev–Trinajstić information content (AvgIpc) is 2.62. The summed E-state index contributed by atoms with van der Waals surface area (Å²) in [5, 5.41) is 3.12. The molecule has 2 atom stereocenters. The molecule has 1 heterocycles. The van der Waals surface area contributed by atoms with E-state index in [9.17, 15) is 9.59 Å². The molecule has 1 aliphatic heterocycles. The van der Waals surface area contributed by atoms with E-state index in [-0.39, 0.29) is 17.9 Å². The molecule has 0 spiro atoms. The van der Waals surface area contributed by atoms with Crippen molar-refractivity contribution < 1.29 is 14.5 Å². The fourth-order valence-electron chi connectivity index (χ4n) is 3.33. The average molecular weight is 332 g/mol. The third-order valence-corrected chi connectivity index (χ3v) is 5.14. The number of hydrogen-bond acceptors (Lipinski definition) is 2. The molecule has 5 nitrogen and oxygen atoms in total. The van der Waals surface area contributed by atoms with Crippen LogP contribution in [0.5, 0.6) is 0 Å². The van der Waals surface area contributed by atoms with Gasteiger partial charge in [0.25, 0.3) is 5.91 Å². The summed E-state index contributed by atoms with van der Waals surface area (Å²) in [6.45, 7) is 9.57. The molecule has 0 bridgehead atoms. The van der Waals surface area contributed by atoms with Gasteiger partial charge in [-0.2, -0.15) is 0 Å². The molecule has 0 unspecified atom stereocenters. The van der Waals surface area contributed by atoms with Gasteiger partial charge in [0.2, 0.25) is 5.91 Å². The number of quaternary nitrogens is 1. The van der Waals surface area contributed by atoms with Crippen molar-refractivity contribution >= 4 is 11.8 Å². The molecule has 2 amide bonds. The predicted molar refractivity (Wildman–Crippen MR) is 94.9 cm³/mol. The topological polar surface area (TPSA) is 53.9 Å². The predicted octanol–water partition coefficient (Wildman–Crippen LogP) is 0.432. The first kappa shape index (κ1) is 18.5. The Hall–Kier alpha value is -1.88. The molecule has 132 valence electrons. The molecular formula is C19H30N3O2+. The van der Waals surface area contributed by atoms with Crippen molar-refractivity contribution in [3.8, 4) is 0 Å². The van der Waals surface area contributed by atoms with E-state index in [2.05, 4.69) is 24.4 Å². The molecule has 1 fully saturated rings. The van der Waals surface area contributed by atoms with Gasteiger partial charge in [0, 0.05) is 19.4 Å². The number of piperazine rings is 1. The molecule has 1 aromatic carbocycles. The summed E-state index contributed by atoms with van der Waals surface area (Å²) >= 11 is 0. The fourth-order valence-corrected chi connectivity index (χ4v) is 3.33. The molecule has 1 saturated heterocycles. The van der Waals surface area contributed by atoms with E-state index in [0.29, 0.717) is 12.5 Å². The van der Waals surface area contributed by atoms with Gasteiger partial charge in [0.05, 0.1) is 26.2 Å². The van der Waals surface area contributed by atoms with E-state index >= 15 is 0 Å². The number of carbonyl (C=O) groups excluding carboxylic acids is 2. The molecule has 2 N–H and O–H groups in total. The highest BCUT2D eigenvalue weighted by Crippen LogP contribution is 2.17. The molecule has 2 rings (SSSR count). The minimum Gasteiger partial charge on any atom is -0.350 e. The molecule has 0 radical (unpaired) electrons. The Bertz CT molecular complexity index is 539. The molecule has 0 saturated carbocycles. The Labute approximate surface area is 145 Å².